The van der Waals surface area contributed by atoms with Gasteiger partial charge in [0.1, 0.15) is 11.6 Å². The van der Waals surface area contributed by atoms with Crippen LogP contribution < -0.4 is 10.2 Å². The van der Waals surface area contributed by atoms with Crippen molar-refractivity contribution in [3.63, 3.8) is 0 Å². The molecule has 8 nitrogen and oxygen atoms in total. The van der Waals surface area contributed by atoms with Gasteiger partial charge >= 0.3 is 18.3 Å². The summed E-state index contributed by atoms with van der Waals surface area (Å²) in [5, 5.41) is 19.0. The SMILES string of the molecule is N#Cc1ccc2nc(NCCC(F)(F)F)c(N3CCN(Cc4ccc(F)cc4F)CC3)nc2c1.O=C(O)C(F)(F)F. The quantitative estimate of drug-likeness (QED) is 0.383. The van der Waals surface area contributed by atoms with Gasteiger partial charge < -0.3 is 15.3 Å². The minimum atomic E-state index is -5.08. The maximum atomic E-state index is 14.0. The summed E-state index contributed by atoms with van der Waals surface area (Å²) in [6, 6.07) is 10.3. The Kier molecular flexibility index (Phi) is 9.87. The predicted octanol–water partition coefficient (Wildman–Crippen LogP) is 5.10. The lowest BCUT2D eigenvalue weighted by atomic mass is 10.1. The summed E-state index contributed by atoms with van der Waals surface area (Å²) in [5.74, 6) is -3.36. The fourth-order valence-corrected chi connectivity index (χ4v) is 3.78. The number of fused-ring (bicyclic) bond motifs is 1. The minimum absolute atomic E-state index is 0.236. The number of halogens is 8. The van der Waals surface area contributed by atoms with E-state index in [0.717, 1.165) is 6.07 Å². The van der Waals surface area contributed by atoms with Gasteiger partial charge in [0.15, 0.2) is 11.6 Å². The van der Waals surface area contributed by atoms with Gasteiger partial charge in [0.05, 0.1) is 29.1 Å². The molecule has 0 aliphatic carbocycles. The second-order valence-corrected chi connectivity index (χ2v) is 8.80. The zero-order valence-corrected chi connectivity index (χ0v) is 21.0. The number of nitrogens with one attached hydrogen (secondary N) is 1. The lowest BCUT2D eigenvalue weighted by molar-refractivity contribution is -0.192. The smallest absolute Gasteiger partial charge is 0.475 e. The molecule has 4 rings (SSSR count). The maximum absolute atomic E-state index is 14.0. The first-order chi connectivity index (χ1) is 19.2. The summed E-state index contributed by atoms with van der Waals surface area (Å²) in [6.45, 7) is 2.00. The first kappa shape index (κ1) is 31.3. The molecular formula is C25H22F8N6O2. The molecule has 1 fully saturated rings. The molecule has 41 heavy (non-hydrogen) atoms. The standard InChI is InChI=1S/C23H21F5N6.C2HF3O2/c24-17-3-2-16(18(25)12-17)14-33-7-9-34(10-8-33)22-21(30-6-5-23(26,27)28)31-19-4-1-15(13-29)11-20(19)32-22;3-2(4,5)1(6)7/h1-4,11-12H,5-10,14H2,(H,30,31);(H,6,7). The monoisotopic (exact) mass is 590 g/mol. The van der Waals surface area contributed by atoms with Crippen LogP contribution in [0.15, 0.2) is 36.4 Å². The third kappa shape index (κ3) is 9.13. The van der Waals surface area contributed by atoms with Crippen LogP contribution in [0, 0.1) is 23.0 Å². The lowest BCUT2D eigenvalue weighted by Gasteiger charge is -2.36. The molecule has 0 unspecified atom stereocenters. The molecule has 1 aromatic heterocycles. The van der Waals surface area contributed by atoms with Gasteiger partial charge in [-0.3, -0.25) is 4.90 Å². The molecule has 0 amide bonds. The van der Waals surface area contributed by atoms with E-state index in [1.54, 1.807) is 18.2 Å². The zero-order chi connectivity index (χ0) is 30.4. The molecule has 2 aromatic carbocycles. The Labute approximate surface area is 227 Å². The average Bonchev–Trinajstić information content (AvgIpc) is 2.89. The Morgan fingerprint density at radius 3 is 2.20 bits per heavy atom. The number of nitrogens with zero attached hydrogens (tertiary/aromatic N) is 5. The highest BCUT2D eigenvalue weighted by Gasteiger charge is 2.38. The molecule has 0 atom stereocenters. The van der Waals surface area contributed by atoms with Crippen molar-refractivity contribution in [3.8, 4) is 6.07 Å². The van der Waals surface area contributed by atoms with Crippen molar-refractivity contribution in [1.82, 2.24) is 14.9 Å². The number of aromatic nitrogens is 2. The van der Waals surface area contributed by atoms with Crippen molar-refractivity contribution in [3.05, 3.63) is 59.2 Å². The largest absolute Gasteiger partial charge is 0.490 e. The van der Waals surface area contributed by atoms with E-state index in [1.807, 2.05) is 15.9 Å². The Hall–Kier alpha value is -4.26. The molecular weight excluding hydrogens is 568 g/mol. The van der Waals surface area contributed by atoms with Gasteiger partial charge in [0, 0.05) is 50.9 Å². The van der Waals surface area contributed by atoms with Crippen LogP contribution in [0.25, 0.3) is 11.0 Å². The number of carboxylic acid groups (broad SMARTS) is 1. The summed E-state index contributed by atoms with van der Waals surface area (Å²) < 4.78 is 96.9. The number of carboxylic acids is 1. The van der Waals surface area contributed by atoms with Gasteiger partial charge in [0.25, 0.3) is 0 Å². The van der Waals surface area contributed by atoms with Gasteiger partial charge in [0.2, 0.25) is 0 Å². The van der Waals surface area contributed by atoms with Gasteiger partial charge in [-0.25, -0.2) is 23.5 Å². The van der Waals surface area contributed by atoms with Crippen molar-refractivity contribution < 1.29 is 45.0 Å². The van der Waals surface area contributed by atoms with Crippen molar-refractivity contribution in [2.45, 2.75) is 25.3 Å². The summed E-state index contributed by atoms with van der Waals surface area (Å²) in [6.07, 6.45) is -10.4. The third-order valence-corrected chi connectivity index (χ3v) is 5.80. The van der Waals surface area contributed by atoms with Crippen molar-refractivity contribution in [1.29, 1.82) is 5.26 Å². The second-order valence-electron chi connectivity index (χ2n) is 8.80. The molecule has 1 aliphatic heterocycles. The summed E-state index contributed by atoms with van der Waals surface area (Å²) >= 11 is 0. The molecule has 1 aliphatic rings. The number of aliphatic carboxylic acids is 1. The van der Waals surface area contributed by atoms with E-state index in [2.05, 4.69) is 15.3 Å². The number of rotatable bonds is 6. The molecule has 220 valence electrons. The normalized spacial score (nSPS) is 14.3. The molecule has 2 N–H and O–H groups in total. The number of piperazine rings is 1. The van der Waals surface area contributed by atoms with Crippen LogP contribution in [0.5, 0.6) is 0 Å². The molecule has 0 bridgehead atoms. The molecule has 2 heterocycles. The fraction of sp³-hybridized carbons (Fsp3) is 0.360. The fourth-order valence-electron chi connectivity index (χ4n) is 3.78. The molecule has 16 heteroatoms. The van der Waals surface area contributed by atoms with E-state index in [1.165, 1.54) is 12.1 Å². The number of benzene rings is 2. The number of hydrogen-bond acceptors (Lipinski definition) is 7. The number of hydrogen-bond donors (Lipinski definition) is 2. The molecule has 1 saturated heterocycles. The highest BCUT2D eigenvalue weighted by Crippen LogP contribution is 2.28. The van der Waals surface area contributed by atoms with Crippen LogP contribution in [0.3, 0.4) is 0 Å². The molecule has 0 saturated carbocycles. The van der Waals surface area contributed by atoms with Crippen LogP contribution in [-0.4, -0.2) is 71.0 Å². The Morgan fingerprint density at radius 2 is 1.63 bits per heavy atom. The lowest BCUT2D eigenvalue weighted by Crippen LogP contribution is -2.46. The van der Waals surface area contributed by atoms with Crippen LogP contribution in [0.1, 0.15) is 17.5 Å². The Morgan fingerprint density at radius 1 is 0.976 bits per heavy atom. The number of carbonyl (C=O) groups is 1. The summed E-state index contributed by atoms with van der Waals surface area (Å²) in [5.41, 5.74) is 1.71. The van der Waals surface area contributed by atoms with E-state index < -0.39 is 36.4 Å². The number of alkyl halides is 6. The van der Waals surface area contributed by atoms with E-state index in [9.17, 15) is 35.1 Å². The number of anilines is 2. The number of nitriles is 1. The highest BCUT2D eigenvalue weighted by molar-refractivity contribution is 5.81. The van der Waals surface area contributed by atoms with Crippen LogP contribution >= 0.6 is 0 Å². The zero-order valence-electron chi connectivity index (χ0n) is 21.0. The molecule has 3 aromatic rings. The molecule has 0 radical (unpaired) electrons. The van der Waals surface area contributed by atoms with Gasteiger partial charge in [-0.2, -0.15) is 31.6 Å². The van der Waals surface area contributed by atoms with E-state index >= 15 is 0 Å². The average molecular weight is 590 g/mol. The van der Waals surface area contributed by atoms with Crippen LogP contribution in [-0.2, 0) is 11.3 Å². The van der Waals surface area contributed by atoms with Gasteiger partial charge in [-0.15, -0.1) is 0 Å². The van der Waals surface area contributed by atoms with E-state index in [-0.39, 0.29) is 12.4 Å². The van der Waals surface area contributed by atoms with Crippen LogP contribution in [0.2, 0.25) is 0 Å². The summed E-state index contributed by atoms with van der Waals surface area (Å²) in [7, 11) is 0. The third-order valence-electron chi connectivity index (χ3n) is 5.80. The Bertz CT molecular complexity index is 1420. The van der Waals surface area contributed by atoms with E-state index in [4.69, 9.17) is 15.2 Å². The minimum Gasteiger partial charge on any atom is -0.475 e. The first-order valence-corrected chi connectivity index (χ1v) is 11.9. The van der Waals surface area contributed by atoms with E-state index in [0.29, 0.717) is 60.7 Å². The Balaban J connectivity index is 0.000000587. The molecule has 0 spiro atoms. The second kappa shape index (κ2) is 12.9. The maximum Gasteiger partial charge on any atom is 0.490 e. The van der Waals surface area contributed by atoms with Crippen molar-refractivity contribution in [2.75, 3.05) is 42.9 Å². The topological polar surface area (TPSA) is 105 Å². The van der Waals surface area contributed by atoms with Crippen molar-refractivity contribution >= 4 is 28.6 Å². The van der Waals surface area contributed by atoms with Crippen LogP contribution in [0.4, 0.5) is 46.8 Å². The first-order valence-electron chi connectivity index (χ1n) is 11.9. The predicted molar refractivity (Wildman–Crippen MR) is 131 cm³/mol. The van der Waals surface area contributed by atoms with Gasteiger partial charge in [-0.05, 0) is 24.3 Å². The highest BCUT2D eigenvalue weighted by atomic mass is 19.4. The summed E-state index contributed by atoms with van der Waals surface area (Å²) in [4.78, 5) is 21.9. The van der Waals surface area contributed by atoms with Gasteiger partial charge in [-0.1, -0.05) is 6.07 Å². The van der Waals surface area contributed by atoms with Crippen molar-refractivity contribution in [2.24, 2.45) is 0 Å².